The Hall–Kier alpha value is -3.67. The van der Waals surface area contributed by atoms with E-state index >= 15 is 0 Å². The zero-order valence-electron chi connectivity index (χ0n) is 15.8. The third kappa shape index (κ3) is 3.57. The Morgan fingerprint density at radius 1 is 0.964 bits per heavy atom. The maximum atomic E-state index is 12.7. The fourth-order valence-electron chi connectivity index (χ4n) is 3.06. The largest absolute Gasteiger partial charge is 0.451 e. The smallest absolute Gasteiger partial charge is 0.322 e. The number of nitrogens with zero attached hydrogens (tertiary/aromatic N) is 2. The lowest BCUT2D eigenvalue weighted by atomic mass is 10.1. The minimum atomic E-state index is -0.312. The maximum absolute atomic E-state index is 12.7. The van der Waals surface area contributed by atoms with E-state index in [1.807, 2.05) is 51.1 Å². The molecule has 140 valence electrons. The molecule has 2 aromatic carbocycles. The van der Waals surface area contributed by atoms with Crippen molar-refractivity contribution in [1.29, 1.82) is 0 Å². The van der Waals surface area contributed by atoms with E-state index < -0.39 is 0 Å². The first-order valence-corrected chi connectivity index (χ1v) is 8.89. The molecule has 4 aromatic rings. The molecule has 0 spiro atoms. The van der Waals surface area contributed by atoms with Crippen LogP contribution in [0.1, 0.15) is 27.5 Å². The molecule has 0 aliphatic carbocycles. The molecule has 2 aromatic heterocycles. The Bertz CT molecular complexity index is 1160. The number of rotatable bonds is 4. The van der Waals surface area contributed by atoms with Gasteiger partial charge in [-0.15, -0.1) is 0 Å². The van der Waals surface area contributed by atoms with Crippen LogP contribution in [-0.2, 0) is 0 Å². The summed E-state index contributed by atoms with van der Waals surface area (Å²) in [6, 6.07) is 16.8. The Balaban J connectivity index is 1.55. The summed E-state index contributed by atoms with van der Waals surface area (Å²) in [5, 5.41) is 3.78. The van der Waals surface area contributed by atoms with E-state index in [1.165, 1.54) is 0 Å². The summed E-state index contributed by atoms with van der Waals surface area (Å²) < 4.78 is 11.5. The quantitative estimate of drug-likeness (QED) is 0.532. The number of anilines is 1. The summed E-state index contributed by atoms with van der Waals surface area (Å²) in [6.45, 7) is 5.64. The Kier molecular flexibility index (Phi) is 4.53. The molecule has 1 N–H and O–H groups in total. The first kappa shape index (κ1) is 17.7. The first-order chi connectivity index (χ1) is 13.5. The van der Waals surface area contributed by atoms with Gasteiger partial charge in [-0.05, 0) is 45.0 Å². The second-order valence-corrected chi connectivity index (χ2v) is 6.57. The lowest BCUT2D eigenvalue weighted by Crippen LogP contribution is -2.12. The molecule has 0 aliphatic rings. The van der Waals surface area contributed by atoms with Gasteiger partial charge in [0.15, 0.2) is 5.76 Å². The molecular weight excluding hydrogens is 354 g/mol. The second kappa shape index (κ2) is 7.15. The van der Waals surface area contributed by atoms with Crippen LogP contribution in [0, 0.1) is 20.8 Å². The van der Waals surface area contributed by atoms with Crippen molar-refractivity contribution in [3.05, 3.63) is 77.3 Å². The van der Waals surface area contributed by atoms with Crippen molar-refractivity contribution >= 4 is 22.6 Å². The number of aromatic nitrogens is 2. The first-order valence-electron chi connectivity index (χ1n) is 8.89. The van der Waals surface area contributed by atoms with Crippen LogP contribution in [0.15, 0.2) is 59.0 Å². The van der Waals surface area contributed by atoms with Gasteiger partial charge in [-0.25, -0.2) is 9.97 Å². The summed E-state index contributed by atoms with van der Waals surface area (Å²) in [6.07, 6.45) is 0. The molecule has 0 atom stereocenters. The van der Waals surface area contributed by atoms with Crippen molar-refractivity contribution in [3.63, 3.8) is 0 Å². The highest BCUT2D eigenvalue weighted by Gasteiger charge is 2.17. The number of hydrogen-bond acceptors (Lipinski definition) is 5. The van der Waals surface area contributed by atoms with Crippen LogP contribution >= 0.6 is 0 Å². The van der Waals surface area contributed by atoms with Crippen molar-refractivity contribution in [1.82, 2.24) is 9.97 Å². The minimum Gasteiger partial charge on any atom is -0.451 e. The Morgan fingerprint density at radius 3 is 2.46 bits per heavy atom. The number of hydrogen-bond donors (Lipinski definition) is 1. The van der Waals surface area contributed by atoms with Crippen molar-refractivity contribution in [2.24, 2.45) is 0 Å². The van der Waals surface area contributed by atoms with Crippen LogP contribution in [0.4, 0.5) is 5.69 Å². The average molecular weight is 373 g/mol. The highest BCUT2D eigenvalue weighted by atomic mass is 16.5. The number of aryl methyl sites for hydroxylation is 3. The molecule has 6 heteroatoms. The van der Waals surface area contributed by atoms with Gasteiger partial charge in [0.1, 0.15) is 11.3 Å². The number of ether oxygens (including phenoxy) is 1. The second-order valence-electron chi connectivity index (χ2n) is 6.57. The van der Waals surface area contributed by atoms with Gasteiger partial charge in [0.2, 0.25) is 0 Å². The summed E-state index contributed by atoms with van der Waals surface area (Å²) in [5.74, 6) is 0.516. The molecule has 0 radical (unpaired) electrons. The topological polar surface area (TPSA) is 77.2 Å². The van der Waals surface area contributed by atoms with Crippen molar-refractivity contribution < 1.29 is 13.9 Å². The van der Waals surface area contributed by atoms with Crippen LogP contribution in [0.3, 0.4) is 0 Å². The van der Waals surface area contributed by atoms with Crippen LogP contribution in [0.25, 0.3) is 11.0 Å². The van der Waals surface area contributed by atoms with Crippen molar-refractivity contribution in [2.75, 3.05) is 5.32 Å². The predicted octanol–water partition coefficient (Wildman–Crippen LogP) is 5.19. The zero-order chi connectivity index (χ0) is 19.7. The number of nitrogens with one attached hydrogen (secondary N) is 1. The van der Waals surface area contributed by atoms with Crippen molar-refractivity contribution in [3.8, 4) is 11.8 Å². The highest BCUT2D eigenvalue weighted by Crippen LogP contribution is 2.27. The summed E-state index contributed by atoms with van der Waals surface area (Å²) in [4.78, 5) is 21.2. The molecule has 0 bridgehead atoms. The number of furan rings is 1. The summed E-state index contributed by atoms with van der Waals surface area (Å²) in [5.41, 5.74) is 3.74. The lowest BCUT2D eigenvalue weighted by molar-refractivity contribution is 0.0998. The van der Waals surface area contributed by atoms with E-state index in [4.69, 9.17) is 9.15 Å². The number of fused-ring (bicyclic) bond motifs is 1. The molecule has 0 saturated heterocycles. The predicted molar refractivity (Wildman–Crippen MR) is 107 cm³/mol. The highest BCUT2D eigenvalue weighted by molar-refractivity contribution is 6.06. The number of benzene rings is 2. The van der Waals surface area contributed by atoms with Gasteiger partial charge in [-0.3, -0.25) is 4.79 Å². The van der Waals surface area contributed by atoms with Crippen LogP contribution < -0.4 is 10.1 Å². The van der Waals surface area contributed by atoms with E-state index in [9.17, 15) is 4.79 Å². The van der Waals surface area contributed by atoms with Gasteiger partial charge in [0.25, 0.3) is 5.91 Å². The number of para-hydroxylation sites is 1. The monoisotopic (exact) mass is 373 g/mol. The molecule has 0 aliphatic heterocycles. The van der Waals surface area contributed by atoms with E-state index in [2.05, 4.69) is 15.3 Å². The molecule has 0 fully saturated rings. The van der Waals surface area contributed by atoms with Gasteiger partial charge in [0, 0.05) is 34.1 Å². The lowest BCUT2D eigenvalue weighted by Gasteiger charge is -2.08. The summed E-state index contributed by atoms with van der Waals surface area (Å²) in [7, 11) is 0. The fraction of sp³-hybridized carbons (Fsp3) is 0.136. The molecular formula is C22H19N3O3. The molecule has 1 amide bonds. The van der Waals surface area contributed by atoms with E-state index in [0.717, 1.165) is 22.3 Å². The third-order valence-corrected chi connectivity index (χ3v) is 4.31. The van der Waals surface area contributed by atoms with Crippen LogP contribution in [0.2, 0.25) is 0 Å². The van der Waals surface area contributed by atoms with Crippen molar-refractivity contribution in [2.45, 2.75) is 20.8 Å². The summed E-state index contributed by atoms with van der Waals surface area (Å²) >= 11 is 0. The maximum Gasteiger partial charge on any atom is 0.322 e. The standard InChI is InChI=1S/C22H19N3O3/c1-13-11-14(2)24-22(23-13)27-17-8-6-7-16(12-17)25-21(26)20-15(3)18-9-4-5-10-19(18)28-20/h4-12H,1-3H3,(H,25,26). The fourth-order valence-corrected chi connectivity index (χ4v) is 3.06. The van der Waals surface area contributed by atoms with Gasteiger partial charge in [0.05, 0.1) is 0 Å². The van der Waals surface area contributed by atoms with Gasteiger partial charge in [-0.2, -0.15) is 0 Å². The SMILES string of the molecule is Cc1cc(C)nc(Oc2cccc(NC(=O)c3oc4ccccc4c3C)c2)n1. The van der Waals surface area contributed by atoms with E-state index in [1.54, 1.807) is 24.3 Å². The van der Waals surface area contributed by atoms with Crippen LogP contribution in [0.5, 0.6) is 11.8 Å². The van der Waals surface area contributed by atoms with Gasteiger partial charge < -0.3 is 14.5 Å². The Morgan fingerprint density at radius 2 is 1.71 bits per heavy atom. The van der Waals surface area contributed by atoms with E-state index in [-0.39, 0.29) is 11.9 Å². The number of carbonyl (C=O) groups excluding carboxylic acids is 1. The molecule has 4 rings (SSSR count). The number of amides is 1. The average Bonchev–Trinajstić information content (AvgIpc) is 2.98. The zero-order valence-corrected chi connectivity index (χ0v) is 15.8. The van der Waals surface area contributed by atoms with E-state index in [0.29, 0.717) is 22.8 Å². The van der Waals surface area contributed by atoms with Crippen LogP contribution in [-0.4, -0.2) is 15.9 Å². The third-order valence-electron chi connectivity index (χ3n) is 4.31. The molecule has 28 heavy (non-hydrogen) atoms. The molecule has 6 nitrogen and oxygen atoms in total. The number of carbonyl (C=O) groups is 1. The Labute approximate surface area is 162 Å². The normalized spacial score (nSPS) is 10.8. The molecule has 0 saturated carbocycles. The molecule has 2 heterocycles. The van der Waals surface area contributed by atoms with Gasteiger partial charge in [-0.1, -0.05) is 24.3 Å². The minimum absolute atomic E-state index is 0.272. The van der Waals surface area contributed by atoms with Gasteiger partial charge >= 0.3 is 6.01 Å². The molecule has 0 unspecified atom stereocenters.